The molecule has 0 unspecified atom stereocenters. The van der Waals surface area contributed by atoms with E-state index in [1.165, 1.54) is 16.0 Å². The molecule has 0 saturated carbocycles. The third-order valence-electron chi connectivity index (χ3n) is 5.22. The molecule has 28 heavy (non-hydrogen) atoms. The molecule has 0 radical (unpaired) electrons. The summed E-state index contributed by atoms with van der Waals surface area (Å²) < 4.78 is 1.14. The van der Waals surface area contributed by atoms with Crippen molar-refractivity contribution in [1.29, 1.82) is 0 Å². The van der Waals surface area contributed by atoms with E-state index in [0.717, 1.165) is 41.4 Å². The van der Waals surface area contributed by atoms with Gasteiger partial charge in [-0.25, -0.2) is 4.98 Å². The van der Waals surface area contributed by atoms with Crippen LogP contribution in [-0.2, 0) is 11.2 Å². The molecule has 1 amide bonds. The Hall–Kier alpha value is -2.24. The van der Waals surface area contributed by atoms with Crippen LogP contribution in [0.25, 0.3) is 10.2 Å². The largest absolute Gasteiger partial charge is 0.334 e. The van der Waals surface area contributed by atoms with E-state index in [4.69, 9.17) is 4.98 Å². The van der Waals surface area contributed by atoms with Crippen molar-refractivity contribution in [2.24, 2.45) is 0 Å². The second kappa shape index (κ2) is 9.80. The van der Waals surface area contributed by atoms with Crippen molar-refractivity contribution >= 4 is 32.6 Å². The molecule has 0 fully saturated rings. The van der Waals surface area contributed by atoms with Crippen LogP contribution in [0.3, 0.4) is 0 Å². The van der Waals surface area contributed by atoms with Gasteiger partial charge in [-0.05, 0) is 50.5 Å². The van der Waals surface area contributed by atoms with E-state index < -0.39 is 0 Å². The van der Waals surface area contributed by atoms with Crippen molar-refractivity contribution in [2.45, 2.75) is 33.6 Å². The predicted octanol–water partition coefficient (Wildman–Crippen LogP) is 3.50. The van der Waals surface area contributed by atoms with Gasteiger partial charge in [0, 0.05) is 6.42 Å². The summed E-state index contributed by atoms with van der Waals surface area (Å²) in [5.41, 5.74) is 3.39. The maximum Gasteiger partial charge on any atom is 0.229 e. The minimum absolute atomic E-state index is 0.159. The van der Waals surface area contributed by atoms with Gasteiger partial charge in [0.2, 0.25) is 5.91 Å². The van der Waals surface area contributed by atoms with Gasteiger partial charge in [0.05, 0.1) is 36.4 Å². The number of amides is 1. The molecule has 2 aromatic carbocycles. The average Bonchev–Trinajstić information content (AvgIpc) is 3.13. The topological polar surface area (TPSA) is 37.6 Å². The number of nitrogens with zero attached hydrogens (tertiary/aromatic N) is 2. The van der Waals surface area contributed by atoms with Gasteiger partial charge in [0.1, 0.15) is 0 Å². The van der Waals surface area contributed by atoms with E-state index >= 15 is 0 Å². The predicted molar refractivity (Wildman–Crippen MR) is 118 cm³/mol. The Morgan fingerprint density at radius 2 is 1.86 bits per heavy atom. The van der Waals surface area contributed by atoms with E-state index in [1.807, 2.05) is 29.2 Å². The Labute approximate surface area is 171 Å². The molecule has 0 aliphatic rings. The number of hydrogen-bond donors (Lipinski definition) is 1. The van der Waals surface area contributed by atoms with Crippen LogP contribution in [0.4, 0.5) is 5.13 Å². The van der Waals surface area contributed by atoms with Crippen LogP contribution in [0.1, 0.15) is 31.4 Å². The molecular weight excluding hydrogens is 366 g/mol. The van der Waals surface area contributed by atoms with E-state index in [2.05, 4.69) is 45.0 Å². The van der Waals surface area contributed by atoms with Gasteiger partial charge in [-0.3, -0.25) is 9.69 Å². The molecule has 0 saturated heterocycles. The summed E-state index contributed by atoms with van der Waals surface area (Å²) in [5.74, 6) is 0.159. The smallest absolute Gasteiger partial charge is 0.229 e. The van der Waals surface area contributed by atoms with Crippen LogP contribution < -0.4 is 9.80 Å². The highest BCUT2D eigenvalue weighted by atomic mass is 32.1. The number of thiazole rings is 1. The van der Waals surface area contributed by atoms with Gasteiger partial charge in [-0.15, -0.1) is 0 Å². The minimum atomic E-state index is 0.159. The number of hydrogen-bond acceptors (Lipinski definition) is 3. The Bertz CT molecular complexity index is 903. The van der Waals surface area contributed by atoms with Gasteiger partial charge >= 0.3 is 0 Å². The molecule has 1 N–H and O–H groups in total. The molecule has 0 aliphatic carbocycles. The number of likely N-dealkylation sites (N-methyl/N-ethyl adjacent to an activating group) is 1. The van der Waals surface area contributed by atoms with Gasteiger partial charge in [-0.2, -0.15) is 0 Å². The molecule has 1 heterocycles. The molecule has 0 atom stereocenters. The van der Waals surface area contributed by atoms with Crippen molar-refractivity contribution in [3.05, 3.63) is 59.7 Å². The lowest BCUT2D eigenvalue weighted by atomic mass is 10.1. The lowest BCUT2D eigenvalue weighted by Crippen LogP contribution is -3.12. The summed E-state index contributed by atoms with van der Waals surface area (Å²) in [6, 6.07) is 16.5. The number of rotatable bonds is 9. The fourth-order valence-electron chi connectivity index (χ4n) is 3.37. The molecule has 0 bridgehead atoms. The number of fused-ring (bicyclic) bond motifs is 1. The zero-order valence-corrected chi connectivity index (χ0v) is 17.9. The third-order valence-corrected chi connectivity index (χ3v) is 6.27. The Morgan fingerprint density at radius 3 is 2.57 bits per heavy atom. The van der Waals surface area contributed by atoms with Gasteiger partial charge in [0.25, 0.3) is 0 Å². The van der Waals surface area contributed by atoms with Crippen LogP contribution in [-0.4, -0.2) is 37.1 Å². The summed E-state index contributed by atoms with van der Waals surface area (Å²) in [6.07, 6.45) is 1.27. The molecule has 1 aromatic heterocycles. The van der Waals surface area contributed by atoms with Crippen LogP contribution in [0.2, 0.25) is 0 Å². The van der Waals surface area contributed by atoms with Crippen LogP contribution in [0.5, 0.6) is 0 Å². The maximum atomic E-state index is 13.1. The standard InChI is InChI=1S/C23H29N3OS/c1-4-25(5-2)15-16-26(22(27)14-12-19-9-7-6-8-10-19)23-24-20-13-11-18(3)17-21(20)28-23/h6-11,13,17H,4-5,12,14-16H2,1-3H3/p+1. The second-order valence-electron chi connectivity index (χ2n) is 7.21. The Morgan fingerprint density at radius 1 is 1.11 bits per heavy atom. The van der Waals surface area contributed by atoms with E-state index in [-0.39, 0.29) is 5.91 Å². The number of anilines is 1. The van der Waals surface area contributed by atoms with Crippen LogP contribution >= 0.6 is 11.3 Å². The molecule has 4 nitrogen and oxygen atoms in total. The molecule has 5 heteroatoms. The van der Waals surface area contributed by atoms with Crippen LogP contribution in [0.15, 0.2) is 48.5 Å². The molecule has 148 valence electrons. The highest BCUT2D eigenvalue weighted by molar-refractivity contribution is 7.22. The quantitative estimate of drug-likeness (QED) is 0.601. The van der Waals surface area contributed by atoms with Crippen molar-refractivity contribution in [3.8, 4) is 0 Å². The zero-order valence-electron chi connectivity index (χ0n) is 17.1. The van der Waals surface area contributed by atoms with Gasteiger partial charge < -0.3 is 4.90 Å². The average molecular weight is 397 g/mol. The zero-order chi connectivity index (χ0) is 19.9. The lowest BCUT2D eigenvalue weighted by Gasteiger charge is -2.23. The summed E-state index contributed by atoms with van der Waals surface area (Å²) in [6.45, 7) is 10.3. The number of carbonyl (C=O) groups is 1. The summed E-state index contributed by atoms with van der Waals surface area (Å²) >= 11 is 1.62. The third kappa shape index (κ3) is 5.18. The monoisotopic (exact) mass is 396 g/mol. The number of nitrogens with one attached hydrogen (secondary N) is 1. The van der Waals surface area contributed by atoms with E-state index in [1.54, 1.807) is 11.3 Å². The van der Waals surface area contributed by atoms with Crippen molar-refractivity contribution in [3.63, 3.8) is 0 Å². The number of quaternary nitrogens is 1. The van der Waals surface area contributed by atoms with Crippen LogP contribution in [0, 0.1) is 6.92 Å². The van der Waals surface area contributed by atoms with Crippen molar-refractivity contribution < 1.29 is 9.69 Å². The first-order valence-corrected chi connectivity index (χ1v) is 11.0. The fourth-order valence-corrected chi connectivity index (χ4v) is 4.47. The first kappa shape index (κ1) is 20.5. The molecule has 3 aromatic rings. The Balaban J connectivity index is 1.79. The molecule has 0 aliphatic heterocycles. The van der Waals surface area contributed by atoms with Crippen molar-refractivity contribution in [1.82, 2.24) is 4.98 Å². The number of benzene rings is 2. The number of aromatic nitrogens is 1. The SMILES string of the molecule is CC[NH+](CC)CCN(C(=O)CCc1ccccc1)c1nc2ccc(C)cc2s1. The number of aryl methyl sites for hydroxylation is 2. The molecular formula is C23H30N3OS+. The summed E-state index contributed by atoms with van der Waals surface area (Å²) in [7, 11) is 0. The second-order valence-corrected chi connectivity index (χ2v) is 8.21. The van der Waals surface area contributed by atoms with Gasteiger partial charge in [0.15, 0.2) is 5.13 Å². The molecule has 3 rings (SSSR count). The van der Waals surface area contributed by atoms with Gasteiger partial charge in [-0.1, -0.05) is 47.7 Å². The minimum Gasteiger partial charge on any atom is -0.334 e. The lowest BCUT2D eigenvalue weighted by molar-refractivity contribution is -0.894. The first-order valence-electron chi connectivity index (χ1n) is 10.2. The highest BCUT2D eigenvalue weighted by Gasteiger charge is 2.21. The Kier molecular flexibility index (Phi) is 7.18. The highest BCUT2D eigenvalue weighted by Crippen LogP contribution is 2.29. The summed E-state index contributed by atoms with van der Waals surface area (Å²) in [5, 5.41) is 0.824. The maximum absolute atomic E-state index is 13.1. The van der Waals surface area contributed by atoms with E-state index in [9.17, 15) is 4.79 Å². The van der Waals surface area contributed by atoms with Crippen molar-refractivity contribution in [2.75, 3.05) is 31.1 Å². The molecule has 0 spiro atoms. The first-order chi connectivity index (χ1) is 13.6. The normalized spacial score (nSPS) is 11.3. The summed E-state index contributed by atoms with van der Waals surface area (Å²) in [4.78, 5) is 21.3. The van der Waals surface area contributed by atoms with E-state index in [0.29, 0.717) is 13.0 Å². The number of carbonyl (C=O) groups excluding carboxylic acids is 1. The fraction of sp³-hybridized carbons (Fsp3) is 0.391.